The van der Waals surface area contributed by atoms with E-state index in [-0.39, 0.29) is 5.97 Å². The van der Waals surface area contributed by atoms with Crippen molar-refractivity contribution in [1.29, 1.82) is 0 Å². The number of hydrogen-bond acceptors (Lipinski definition) is 6. The van der Waals surface area contributed by atoms with Gasteiger partial charge >= 0.3 is 5.97 Å². The molecule has 0 aromatic carbocycles. The van der Waals surface area contributed by atoms with Crippen molar-refractivity contribution < 1.29 is 9.53 Å². The molecule has 1 aliphatic rings. The number of esters is 1. The molecule has 0 spiro atoms. The minimum atomic E-state index is -0.319. The first kappa shape index (κ1) is 13.2. The summed E-state index contributed by atoms with van der Waals surface area (Å²) < 4.78 is 5.09. The van der Waals surface area contributed by atoms with E-state index >= 15 is 0 Å². The molecule has 0 fully saturated rings. The Morgan fingerprint density at radius 1 is 1.33 bits per heavy atom. The average Bonchev–Trinajstić information content (AvgIpc) is 2.55. The highest BCUT2D eigenvalue weighted by Gasteiger charge is 2.24. The molecule has 0 unspecified atom stereocenters. The number of fused-ring (bicyclic) bond motifs is 1. The van der Waals surface area contributed by atoms with Crippen LogP contribution in [0.1, 0.15) is 12.5 Å². The minimum absolute atomic E-state index is 0.319. The van der Waals surface area contributed by atoms with E-state index in [1.54, 1.807) is 42.8 Å². The molecule has 0 saturated carbocycles. The lowest BCUT2D eigenvalue weighted by Crippen LogP contribution is -2.23. The monoisotopic (exact) mass is 282 g/mol. The van der Waals surface area contributed by atoms with Gasteiger partial charge in [-0.25, -0.2) is 14.8 Å². The van der Waals surface area contributed by atoms with Gasteiger partial charge in [-0.3, -0.25) is 9.88 Å². The zero-order valence-corrected chi connectivity index (χ0v) is 11.6. The van der Waals surface area contributed by atoms with Crippen molar-refractivity contribution in [3.05, 3.63) is 54.3 Å². The molecule has 2 aromatic heterocycles. The lowest BCUT2D eigenvalue weighted by Gasteiger charge is -2.26. The van der Waals surface area contributed by atoms with Crippen LogP contribution in [-0.4, -0.2) is 27.5 Å². The number of ether oxygens (including phenoxy) is 1. The predicted molar refractivity (Wildman–Crippen MR) is 76.8 cm³/mol. The summed E-state index contributed by atoms with van der Waals surface area (Å²) in [4.78, 5) is 26.5. The van der Waals surface area contributed by atoms with Gasteiger partial charge in [0, 0.05) is 36.8 Å². The van der Waals surface area contributed by atoms with E-state index in [1.807, 2.05) is 12.1 Å². The normalized spacial score (nSPS) is 13.4. The first-order valence-electron chi connectivity index (χ1n) is 6.66. The molecule has 0 bridgehead atoms. The Bertz CT molecular complexity index is 685. The molecule has 0 saturated heterocycles. The maximum Gasteiger partial charge on any atom is 0.335 e. The van der Waals surface area contributed by atoms with E-state index in [4.69, 9.17) is 4.74 Å². The number of nitrogens with zero attached hydrogens (tertiary/aromatic N) is 4. The van der Waals surface area contributed by atoms with E-state index in [9.17, 15) is 4.79 Å². The molecule has 21 heavy (non-hydrogen) atoms. The third-order valence-electron chi connectivity index (χ3n) is 3.10. The SMILES string of the molecule is CCOC(=O)C1=CN(c2cnccn2)c2ncccc2C1. The van der Waals surface area contributed by atoms with Crippen LogP contribution in [0, 0.1) is 0 Å². The van der Waals surface area contributed by atoms with Gasteiger partial charge in [0.05, 0.1) is 18.4 Å². The van der Waals surface area contributed by atoms with Gasteiger partial charge in [-0.05, 0) is 13.0 Å². The van der Waals surface area contributed by atoms with Crippen molar-refractivity contribution in [2.75, 3.05) is 11.5 Å². The summed E-state index contributed by atoms with van der Waals surface area (Å²) in [6, 6.07) is 3.79. The van der Waals surface area contributed by atoms with Crippen molar-refractivity contribution >= 4 is 17.6 Å². The van der Waals surface area contributed by atoms with Crippen molar-refractivity contribution in [3.8, 4) is 0 Å². The number of rotatable bonds is 3. The quantitative estimate of drug-likeness (QED) is 0.802. The number of aromatic nitrogens is 3. The van der Waals surface area contributed by atoms with Crippen molar-refractivity contribution in [3.63, 3.8) is 0 Å². The van der Waals surface area contributed by atoms with E-state index in [2.05, 4.69) is 15.0 Å². The predicted octanol–water partition coefficient (Wildman–Crippen LogP) is 2.01. The first-order valence-corrected chi connectivity index (χ1v) is 6.66. The van der Waals surface area contributed by atoms with E-state index < -0.39 is 0 Å². The molecule has 3 heterocycles. The van der Waals surface area contributed by atoms with Crippen LogP contribution in [-0.2, 0) is 16.0 Å². The summed E-state index contributed by atoms with van der Waals surface area (Å²) >= 11 is 0. The van der Waals surface area contributed by atoms with Gasteiger partial charge < -0.3 is 4.74 Å². The fraction of sp³-hybridized carbons (Fsp3) is 0.200. The molecule has 1 aliphatic heterocycles. The lowest BCUT2D eigenvalue weighted by molar-refractivity contribution is -0.138. The smallest absolute Gasteiger partial charge is 0.335 e. The fourth-order valence-electron chi connectivity index (χ4n) is 2.19. The summed E-state index contributed by atoms with van der Waals surface area (Å²) in [5, 5.41) is 0. The van der Waals surface area contributed by atoms with E-state index in [0.29, 0.717) is 24.4 Å². The molecule has 6 heteroatoms. The topological polar surface area (TPSA) is 68.2 Å². The molecule has 106 valence electrons. The molecule has 0 N–H and O–H groups in total. The first-order chi connectivity index (χ1) is 10.3. The van der Waals surface area contributed by atoms with Gasteiger partial charge in [-0.15, -0.1) is 0 Å². The Morgan fingerprint density at radius 2 is 2.24 bits per heavy atom. The Morgan fingerprint density at radius 3 is 3.00 bits per heavy atom. The van der Waals surface area contributed by atoms with Crippen LogP contribution >= 0.6 is 0 Å². The van der Waals surface area contributed by atoms with Gasteiger partial charge in [0.15, 0.2) is 5.82 Å². The summed E-state index contributed by atoms with van der Waals surface area (Å²) in [7, 11) is 0. The van der Waals surface area contributed by atoms with E-state index in [1.165, 1.54) is 0 Å². The second-order valence-corrected chi connectivity index (χ2v) is 4.47. The number of carbonyl (C=O) groups excluding carboxylic acids is 1. The lowest BCUT2D eigenvalue weighted by atomic mass is 10.0. The van der Waals surface area contributed by atoms with Crippen molar-refractivity contribution in [2.24, 2.45) is 0 Å². The van der Waals surface area contributed by atoms with Crippen molar-refractivity contribution in [1.82, 2.24) is 15.0 Å². The molecule has 0 aliphatic carbocycles. The third kappa shape index (κ3) is 2.60. The molecule has 2 aromatic rings. The summed E-state index contributed by atoms with van der Waals surface area (Å²) in [5.41, 5.74) is 1.52. The zero-order valence-electron chi connectivity index (χ0n) is 11.6. The standard InChI is InChI=1S/C15H14N4O2/c1-2-21-15(20)12-8-11-4-3-5-18-14(11)19(10-12)13-9-16-6-7-17-13/h3-7,9-10H,2,8H2,1H3. The highest BCUT2D eigenvalue weighted by atomic mass is 16.5. The second kappa shape index (κ2) is 5.70. The highest BCUT2D eigenvalue weighted by Crippen LogP contribution is 2.31. The van der Waals surface area contributed by atoms with Gasteiger partial charge in [0.1, 0.15) is 5.82 Å². The second-order valence-electron chi connectivity index (χ2n) is 4.47. The van der Waals surface area contributed by atoms with Crippen LogP contribution in [0.25, 0.3) is 0 Å². The number of pyridine rings is 1. The van der Waals surface area contributed by atoms with E-state index in [0.717, 1.165) is 11.4 Å². The van der Waals surface area contributed by atoms with Crippen LogP contribution in [0.15, 0.2) is 48.7 Å². The molecule has 6 nitrogen and oxygen atoms in total. The van der Waals surface area contributed by atoms with Crippen molar-refractivity contribution in [2.45, 2.75) is 13.3 Å². The van der Waals surface area contributed by atoms with Gasteiger partial charge in [-0.2, -0.15) is 0 Å². The summed E-state index contributed by atoms with van der Waals surface area (Å²) in [5.74, 6) is 1.05. The molecule has 3 rings (SSSR count). The molecular weight excluding hydrogens is 268 g/mol. The summed E-state index contributed by atoms with van der Waals surface area (Å²) in [6.07, 6.45) is 8.76. The van der Waals surface area contributed by atoms with Crippen LogP contribution in [0.4, 0.5) is 11.6 Å². The average molecular weight is 282 g/mol. The van der Waals surface area contributed by atoms with Gasteiger partial charge in [-0.1, -0.05) is 6.07 Å². The maximum absolute atomic E-state index is 12.0. The number of anilines is 2. The van der Waals surface area contributed by atoms with Crippen LogP contribution in [0.5, 0.6) is 0 Å². The molecule has 0 amide bonds. The molecular formula is C15H14N4O2. The minimum Gasteiger partial charge on any atom is -0.463 e. The van der Waals surface area contributed by atoms with Crippen LogP contribution in [0.2, 0.25) is 0 Å². The number of hydrogen-bond donors (Lipinski definition) is 0. The van der Waals surface area contributed by atoms with Gasteiger partial charge in [0.25, 0.3) is 0 Å². The molecule has 0 atom stereocenters. The molecule has 0 radical (unpaired) electrons. The Hall–Kier alpha value is -2.76. The van der Waals surface area contributed by atoms with Gasteiger partial charge in [0.2, 0.25) is 0 Å². The summed E-state index contributed by atoms with van der Waals surface area (Å²) in [6.45, 7) is 2.14. The maximum atomic E-state index is 12.0. The van der Waals surface area contributed by atoms with Crippen LogP contribution < -0.4 is 4.90 Å². The zero-order chi connectivity index (χ0) is 14.7. The largest absolute Gasteiger partial charge is 0.463 e. The Kier molecular flexibility index (Phi) is 3.59. The van der Waals surface area contributed by atoms with Crippen LogP contribution in [0.3, 0.4) is 0 Å². The Labute approximate surface area is 122 Å². The highest BCUT2D eigenvalue weighted by molar-refractivity contribution is 5.91. The number of carbonyl (C=O) groups is 1. The third-order valence-corrected chi connectivity index (χ3v) is 3.10. The Balaban J connectivity index is 2.05. The fourth-order valence-corrected chi connectivity index (χ4v) is 2.19.